The third kappa shape index (κ3) is 2.01. The lowest BCUT2D eigenvalue weighted by molar-refractivity contribution is 0.156. The molecule has 5 atom stereocenters. The number of nitrogens with two attached hydrogens (primary N) is 1. The maximum atomic E-state index is 13.9. The second-order valence-corrected chi connectivity index (χ2v) is 7.44. The van der Waals surface area contributed by atoms with Gasteiger partial charge in [-0.2, -0.15) is 0 Å². The van der Waals surface area contributed by atoms with Gasteiger partial charge >= 0.3 is 0 Å². The van der Waals surface area contributed by atoms with Crippen LogP contribution in [0, 0.1) is 29.5 Å². The molecule has 1 aromatic carbocycles. The second-order valence-electron chi connectivity index (χ2n) is 7.44. The molecule has 3 heteroatoms. The Kier molecular flexibility index (Phi) is 3.04. The number of hydrogen-bond acceptors (Lipinski definition) is 2. The minimum Gasteiger partial charge on any atom is -0.494 e. The van der Waals surface area contributed by atoms with E-state index < -0.39 is 0 Å². The van der Waals surface area contributed by atoms with E-state index in [1.54, 1.807) is 12.1 Å². The van der Waals surface area contributed by atoms with Crippen LogP contribution < -0.4 is 10.5 Å². The van der Waals surface area contributed by atoms with Gasteiger partial charge in [0, 0.05) is 5.54 Å². The molecule has 0 aromatic heterocycles. The van der Waals surface area contributed by atoms with Gasteiger partial charge in [-0.1, -0.05) is 12.5 Å². The Morgan fingerprint density at radius 1 is 1.33 bits per heavy atom. The van der Waals surface area contributed by atoms with Gasteiger partial charge in [0.15, 0.2) is 11.6 Å². The first-order chi connectivity index (χ1) is 10.1. The van der Waals surface area contributed by atoms with Crippen LogP contribution >= 0.6 is 0 Å². The average molecular weight is 289 g/mol. The first-order valence-electron chi connectivity index (χ1n) is 8.22. The van der Waals surface area contributed by atoms with E-state index in [-0.39, 0.29) is 11.4 Å². The predicted octanol–water partition coefficient (Wildman–Crippen LogP) is 3.53. The highest BCUT2D eigenvalue weighted by Crippen LogP contribution is 2.62. The third-order valence-corrected chi connectivity index (χ3v) is 6.43. The van der Waals surface area contributed by atoms with Crippen molar-refractivity contribution in [2.24, 2.45) is 29.4 Å². The van der Waals surface area contributed by atoms with Crippen LogP contribution in [-0.2, 0) is 6.42 Å². The molecule has 0 aliphatic heterocycles. The van der Waals surface area contributed by atoms with Gasteiger partial charge in [0.05, 0.1) is 7.11 Å². The topological polar surface area (TPSA) is 35.2 Å². The predicted molar refractivity (Wildman–Crippen MR) is 80.6 cm³/mol. The Bertz CT molecular complexity index is 560. The number of benzene rings is 1. The molecule has 4 rings (SSSR count). The summed E-state index contributed by atoms with van der Waals surface area (Å²) < 4.78 is 18.9. The van der Waals surface area contributed by atoms with Gasteiger partial charge in [-0.15, -0.1) is 0 Å². The van der Waals surface area contributed by atoms with Crippen molar-refractivity contribution in [1.82, 2.24) is 0 Å². The van der Waals surface area contributed by atoms with E-state index in [1.165, 1.54) is 32.8 Å². The smallest absolute Gasteiger partial charge is 0.165 e. The normalized spacial score (nSPS) is 40.5. The minimum atomic E-state index is -0.277. The molecular weight excluding hydrogens is 265 g/mol. The van der Waals surface area contributed by atoms with E-state index >= 15 is 0 Å². The zero-order valence-electron chi connectivity index (χ0n) is 12.6. The van der Waals surface area contributed by atoms with E-state index in [0.29, 0.717) is 11.7 Å². The molecule has 114 valence electrons. The van der Waals surface area contributed by atoms with Crippen LogP contribution in [0.4, 0.5) is 4.39 Å². The van der Waals surface area contributed by atoms with Crippen molar-refractivity contribution < 1.29 is 9.13 Å². The quantitative estimate of drug-likeness (QED) is 0.924. The molecule has 3 saturated carbocycles. The van der Waals surface area contributed by atoms with Gasteiger partial charge < -0.3 is 10.5 Å². The first-order valence-corrected chi connectivity index (χ1v) is 8.22. The van der Waals surface area contributed by atoms with Crippen molar-refractivity contribution >= 4 is 0 Å². The number of ether oxygens (including phenoxy) is 1. The second kappa shape index (κ2) is 4.70. The lowest BCUT2D eigenvalue weighted by Gasteiger charge is -2.40. The number of hydrogen-bond donors (Lipinski definition) is 1. The van der Waals surface area contributed by atoms with E-state index in [1.807, 2.05) is 6.07 Å². The van der Waals surface area contributed by atoms with Crippen LogP contribution in [0.15, 0.2) is 18.2 Å². The molecule has 3 aliphatic rings. The molecular formula is C18H24FNO. The summed E-state index contributed by atoms with van der Waals surface area (Å²) in [5.41, 5.74) is 7.70. The van der Waals surface area contributed by atoms with E-state index in [4.69, 9.17) is 10.5 Å². The molecule has 3 aliphatic carbocycles. The zero-order chi connectivity index (χ0) is 14.6. The van der Waals surface area contributed by atoms with E-state index in [2.05, 4.69) is 0 Å². The number of fused-ring (bicyclic) bond motifs is 5. The molecule has 0 spiro atoms. The Morgan fingerprint density at radius 3 is 2.90 bits per heavy atom. The van der Waals surface area contributed by atoms with Crippen molar-refractivity contribution in [2.75, 3.05) is 7.11 Å². The molecule has 5 unspecified atom stereocenters. The third-order valence-electron chi connectivity index (χ3n) is 6.43. The number of methoxy groups -OCH3 is 1. The summed E-state index contributed by atoms with van der Waals surface area (Å²) in [6, 6.07) is 5.29. The Labute approximate surface area is 125 Å². The van der Waals surface area contributed by atoms with E-state index in [9.17, 15) is 4.39 Å². The Morgan fingerprint density at radius 2 is 2.14 bits per heavy atom. The van der Waals surface area contributed by atoms with Gasteiger partial charge in [-0.3, -0.25) is 0 Å². The summed E-state index contributed by atoms with van der Waals surface area (Å²) in [6.07, 6.45) is 7.41. The Hall–Kier alpha value is -1.09. The fourth-order valence-corrected chi connectivity index (χ4v) is 5.72. The summed E-state index contributed by atoms with van der Waals surface area (Å²) >= 11 is 0. The van der Waals surface area contributed by atoms with Crippen LogP contribution in [0.3, 0.4) is 0 Å². The molecule has 2 bridgehead atoms. The summed E-state index contributed by atoms with van der Waals surface area (Å²) in [5, 5.41) is 0. The summed E-state index contributed by atoms with van der Waals surface area (Å²) in [5.74, 6) is 3.31. The number of rotatable bonds is 3. The van der Waals surface area contributed by atoms with Crippen LogP contribution in [0.25, 0.3) is 0 Å². The van der Waals surface area contributed by atoms with Crippen LogP contribution in [0.2, 0.25) is 0 Å². The van der Waals surface area contributed by atoms with Crippen molar-refractivity contribution in [3.05, 3.63) is 29.6 Å². The molecule has 0 saturated heterocycles. The molecule has 0 amide bonds. The monoisotopic (exact) mass is 289 g/mol. The summed E-state index contributed by atoms with van der Waals surface area (Å²) in [4.78, 5) is 0. The molecule has 1 aromatic rings. The lowest BCUT2D eigenvalue weighted by Crippen LogP contribution is -2.50. The van der Waals surface area contributed by atoms with Crippen LogP contribution in [0.5, 0.6) is 5.75 Å². The standard InChI is InChI=1S/C18H24FNO/c1-21-17-6-5-11(7-16(17)19)9-18(20)10-12-8-15(18)14-4-2-3-13(12)14/h5-7,12-15H,2-4,8-10,20H2,1H3. The van der Waals surface area contributed by atoms with Gasteiger partial charge in [0.25, 0.3) is 0 Å². The SMILES string of the molecule is COc1ccc(CC2(N)CC3CC2C2CCCC32)cc1F. The minimum absolute atomic E-state index is 0.114. The molecule has 2 N–H and O–H groups in total. The van der Waals surface area contributed by atoms with Gasteiger partial charge in [0.1, 0.15) is 0 Å². The molecule has 21 heavy (non-hydrogen) atoms. The largest absolute Gasteiger partial charge is 0.494 e. The lowest BCUT2D eigenvalue weighted by atomic mass is 9.69. The van der Waals surface area contributed by atoms with Crippen LogP contribution in [0.1, 0.15) is 37.7 Å². The van der Waals surface area contributed by atoms with Crippen molar-refractivity contribution in [3.8, 4) is 5.75 Å². The fraction of sp³-hybridized carbons (Fsp3) is 0.667. The van der Waals surface area contributed by atoms with Gasteiger partial charge in [0.2, 0.25) is 0 Å². The van der Waals surface area contributed by atoms with Gasteiger partial charge in [-0.25, -0.2) is 4.39 Å². The summed E-state index contributed by atoms with van der Waals surface area (Å²) in [7, 11) is 1.50. The molecule has 0 heterocycles. The molecule has 2 nitrogen and oxygen atoms in total. The highest BCUT2D eigenvalue weighted by Gasteiger charge is 2.59. The highest BCUT2D eigenvalue weighted by molar-refractivity contribution is 5.31. The number of halogens is 1. The van der Waals surface area contributed by atoms with Crippen molar-refractivity contribution in [3.63, 3.8) is 0 Å². The fourth-order valence-electron chi connectivity index (χ4n) is 5.72. The maximum Gasteiger partial charge on any atom is 0.165 e. The van der Waals surface area contributed by atoms with E-state index in [0.717, 1.165) is 36.2 Å². The zero-order valence-corrected chi connectivity index (χ0v) is 12.6. The molecule has 3 fully saturated rings. The Balaban J connectivity index is 1.56. The van der Waals surface area contributed by atoms with Gasteiger partial charge in [-0.05, 0) is 73.5 Å². The summed E-state index contributed by atoms with van der Waals surface area (Å²) in [6.45, 7) is 0. The van der Waals surface area contributed by atoms with Crippen molar-refractivity contribution in [2.45, 2.75) is 44.1 Å². The van der Waals surface area contributed by atoms with Crippen molar-refractivity contribution in [1.29, 1.82) is 0 Å². The average Bonchev–Trinajstić information content (AvgIpc) is 3.09. The van der Waals surface area contributed by atoms with Crippen LogP contribution in [-0.4, -0.2) is 12.6 Å². The first kappa shape index (κ1) is 13.6. The maximum absolute atomic E-state index is 13.9. The molecule has 0 radical (unpaired) electrons. The highest BCUT2D eigenvalue weighted by atomic mass is 19.1.